The van der Waals surface area contributed by atoms with Crippen LogP contribution in [0, 0.1) is 5.82 Å². The molecule has 2 aromatic rings. The Labute approximate surface area is 144 Å². The van der Waals surface area contributed by atoms with Gasteiger partial charge in [0.15, 0.2) is 6.10 Å². The van der Waals surface area contributed by atoms with E-state index in [-0.39, 0.29) is 0 Å². The van der Waals surface area contributed by atoms with Gasteiger partial charge in [-0.2, -0.15) is 0 Å². The van der Waals surface area contributed by atoms with Gasteiger partial charge in [0.05, 0.1) is 6.04 Å². The van der Waals surface area contributed by atoms with Gasteiger partial charge in [-0.1, -0.05) is 42.5 Å². The van der Waals surface area contributed by atoms with Gasteiger partial charge in [-0.15, -0.1) is 0 Å². The third-order valence-electron chi connectivity index (χ3n) is 4.19. The molecular weight excluding hydrogens is 325 g/mol. The molecule has 25 heavy (non-hydrogen) atoms. The summed E-state index contributed by atoms with van der Waals surface area (Å²) >= 11 is 0. The second-order valence-electron chi connectivity index (χ2n) is 5.94. The number of carboxylic acids is 1. The van der Waals surface area contributed by atoms with Crippen LogP contribution in [0.25, 0.3) is 0 Å². The number of amides is 1. The Kier molecular flexibility index (Phi) is 5.09. The van der Waals surface area contributed by atoms with Gasteiger partial charge in [-0.25, -0.2) is 9.18 Å². The number of benzene rings is 2. The van der Waals surface area contributed by atoms with Crippen molar-refractivity contribution < 1.29 is 23.8 Å². The maximum atomic E-state index is 13.6. The summed E-state index contributed by atoms with van der Waals surface area (Å²) in [6, 6.07) is 14.7. The fourth-order valence-corrected chi connectivity index (χ4v) is 2.94. The second kappa shape index (κ2) is 7.44. The molecule has 1 heterocycles. The smallest absolute Gasteiger partial charge is 0.332 e. The summed E-state index contributed by atoms with van der Waals surface area (Å²) in [6.45, 7) is 0. The molecule has 2 N–H and O–H groups in total. The van der Waals surface area contributed by atoms with E-state index in [4.69, 9.17) is 9.84 Å². The molecule has 1 aliphatic heterocycles. The van der Waals surface area contributed by atoms with E-state index in [0.29, 0.717) is 18.4 Å². The summed E-state index contributed by atoms with van der Waals surface area (Å²) in [5.74, 6) is -1.86. The highest BCUT2D eigenvalue weighted by molar-refractivity contribution is 5.83. The first-order valence-electron chi connectivity index (χ1n) is 8.03. The minimum absolute atomic E-state index is 0.295. The second-order valence-corrected chi connectivity index (χ2v) is 5.94. The third kappa shape index (κ3) is 4.03. The molecule has 1 unspecified atom stereocenters. The van der Waals surface area contributed by atoms with Gasteiger partial charge in [0.1, 0.15) is 11.9 Å². The van der Waals surface area contributed by atoms with E-state index in [1.54, 1.807) is 12.1 Å². The minimum Gasteiger partial charge on any atom is -0.479 e. The normalized spacial score (nSPS) is 20.8. The van der Waals surface area contributed by atoms with Crippen molar-refractivity contribution in [3.05, 3.63) is 71.5 Å². The van der Waals surface area contributed by atoms with E-state index in [1.807, 2.05) is 30.3 Å². The van der Waals surface area contributed by atoms with Crippen molar-refractivity contribution in [1.82, 2.24) is 5.32 Å². The van der Waals surface area contributed by atoms with E-state index in [0.717, 1.165) is 5.56 Å². The molecule has 0 bridgehead atoms. The molecule has 0 aromatic heterocycles. The Morgan fingerprint density at radius 1 is 1.04 bits per heavy atom. The molecule has 3 rings (SSSR count). The van der Waals surface area contributed by atoms with Crippen molar-refractivity contribution in [2.75, 3.05) is 0 Å². The van der Waals surface area contributed by atoms with Crippen LogP contribution in [0.15, 0.2) is 54.6 Å². The minimum atomic E-state index is -1.07. The van der Waals surface area contributed by atoms with E-state index in [9.17, 15) is 14.0 Å². The molecule has 1 fully saturated rings. The number of carboxylic acid groups (broad SMARTS) is 1. The maximum absolute atomic E-state index is 13.6. The molecular formula is C19H18FNO4. The zero-order valence-corrected chi connectivity index (χ0v) is 13.4. The Morgan fingerprint density at radius 2 is 1.72 bits per heavy atom. The number of rotatable bonds is 5. The van der Waals surface area contributed by atoms with Crippen LogP contribution in [0.4, 0.5) is 4.39 Å². The number of carbonyl (C=O) groups excluding carboxylic acids is 1. The molecule has 1 amide bonds. The van der Waals surface area contributed by atoms with Crippen LogP contribution >= 0.6 is 0 Å². The molecule has 0 aliphatic carbocycles. The summed E-state index contributed by atoms with van der Waals surface area (Å²) in [6.07, 6.45) is -1.14. The molecule has 1 aliphatic rings. The summed E-state index contributed by atoms with van der Waals surface area (Å²) in [5, 5.41) is 11.8. The third-order valence-corrected chi connectivity index (χ3v) is 4.19. The predicted octanol–water partition coefficient (Wildman–Crippen LogP) is 2.66. The maximum Gasteiger partial charge on any atom is 0.332 e. The number of hydrogen-bond donors (Lipinski definition) is 2. The van der Waals surface area contributed by atoms with Crippen LogP contribution in [0.1, 0.15) is 30.0 Å². The van der Waals surface area contributed by atoms with Crippen LogP contribution in [-0.4, -0.2) is 29.2 Å². The first-order valence-corrected chi connectivity index (χ1v) is 8.03. The first kappa shape index (κ1) is 17.1. The van der Waals surface area contributed by atoms with E-state index < -0.39 is 35.9 Å². The van der Waals surface area contributed by atoms with Crippen molar-refractivity contribution in [2.24, 2.45) is 0 Å². The summed E-state index contributed by atoms with van der Waals surface area (Å²) < 4.78 is 18.9. The fourth-order valence-electron chi connectivity index (χ4n) is 2.94. The lowest BCUT2D eigenvalue weighted by Crippen LogP contribution is -2.38. The van der Waals surface area contributed by atoms with Crippen LogP contribution in [-0.2, 0) is 14.3 Å². The lowest BCUT2D eigenvalue weighted by Gasteiger charge is -2.22. The molecule has 1 saturated heterocycles. The number of carbonyl (C=O) groups is 2. The zero-order chi connectivity index (χ0) is 17.8. The predicted molar refractivity (Wildman–Crippen MR) is 88.4 cm³/mol. The van der Waals surface area contributed by atoms with Crippen molar-refractivity contribution in [2.45, 2.75) is 31.1 Å². The first-order chi connectivity index (χ1) is 12.0. The van der Waals surface area contributed by atoms with Gasteiger partial charge in [0, 0.05) is 0 Å². The molecule has 3 atom stereocenters. The topological polar surface area (TPSA) is 75.6 Å². The monoisotopic (exact) mass is 343 g/mol. The van der Waals surface area contributed by atoms with Gasteiger partial charge in [-0.3, -0.25) is 4.79 Å². The number of aliphatic carboxylic acids is 1. The summed E-state index contributed by atoms with van der Waals surface area (Å²) in [5.41, 5.74) is 1.40. The highest BCUT2D eigenvalue weighted by atomic mass is 19.1. The fraction of sp³-hybridized carbons (Fsp3) is 0.263. The molecule has 6 heteroatoms. The van der Waals surface area contributed by atoms with Crippen molar-refractivity contribution in [3.63, 3.8) is 0 Å². The van der Waals surface area contributed by atoms with Gasteiger partial charge in [0.25, 0.3) is 0 Å². The average molecular weight is 343 g/mol. The SMILES string of the molecule is O=C(NC(c1ccccc1)c1cccc(F)c1)[C@@H]1CC[C@H](C(=O)O)O1. The Balaban J connectivity index is 1.81. The summed E-state index contributed by atoms with van der Waals surface area (Å²) in [7, 11) is 0. The highest BCUT2D eigenvalue weighted by Gasteiger charge is 2.35. The van der Waals surface area contributed by atoms with Crippen molar-refractivity contribution in [1.29, 1.82) is 0 Å². The zero-order valence-electron chi connectivity index (χ0n) is 13.4. The average Bonchev–Trinajstić information content (AvgIpc) is 3.11. The summed E-state index contributed by atoms with van der Waals surface area (Å²) in [4.78, 5) is 23.5. The Hall–Kier alpha value is -2.73. The molecule has 2 aromatic carbocycles. The van der Waals surface area contributed by atoms with Crippen LogP contribution in [0.5, 0.6) is 0 Å². The van der Waals surface area contributed by atoms with Gasteiger partial charge in [-0.05, 0) is 36.1 Å². The molecule has 5 nitrogen and oxygen atoms in total. The van der Waals surface area contributed by atoms with Crippen LogP contribution < -0.4 is 5.32 Å². The molecule has 0 spiro atoms. The molecule has 0 saturated carbocycles. The lowest BCUT2D eigenvalue weighted by atomic mass is 9.98. The van der Waals surface area contributed by atoms with Gasteiger partial charge in [0.2, 0.25) is 5.91 Å². The van der Waals surface area contributed by atoms with Gasteiger partial charge >= 0.3 is 5.97 Å². The van der Waals surface area contributed by atoms with Crippen molar-refractivity contribution in [3.8, 4) is 0 Å². The number of nitrogens with one attached hydrogen (secondary N) is 1. The number of halogens is 1. The largest absolute Gasteiger partial charge is 0.479 e. The van der Waals surface area contributed by atoms with Crippen molar-refractivity contribution >= 4 is 11.9 Å². The number of hydrogen-bond acceptors (Lipinski definition) is 3. The van der Waals surface area contributed by atoms with E-state index >= 15 is 0 Å². The Morgan fingerprint density at radius 3 is 2.36 bits per heavy atom. The standard InChI is InChI=1S/C19H18FNO4/c20-14-8-4-7-13(11-14)17(12-5-2-1-3-6-12)21-18(22)15-9-10-16(25-15)19(23)24/h1-8,11,15-17H,9-10H2,(H,21,22)(H,23,24)/t15-,16+,17?/m0/s1. The molecule has 130 valence electrons. The Bertz CT molecular complexity index is 765. The quantitative estimate of drug-likeness (QED) is 0.875. The van der Waals surface area contributed by atoms with Gasteiger partial charge < -0.3 is 15.2 Å². The molecule has 0 radical (unpaired) electrons. The van der Waals surface area contributed by atoms with E-state index in [2.05, 4.69) is 5.32 Å². The van der Waals surface area contributed by atoms with E-state index in [1.165, 1.54) is 12.1 Å². The van der Waals surface area contributed by atoms with Crippen LogP contribution in [0.3, 0.4) is 0 Å². The number of ether oxygens (including phenoxy) is 1. The van der Waals surface area contributed by atoms with Crippen LogP contribution in [0.2, 0.25) is 0 Å². The highest BCUT2D eigenvalue weighted by Crippen LogP contribution is 2.25. The lowest BCUT2D eigenvalue weighted by molar-refractivity contribution is -0.151.